The van der Waals surface area contributed by atoms with E-state index in [1.807, 2.05) is 0 Å². The number of carbonyl (C=O) groups excluding carboxylic acids is 2. The minimum Gasteiger partial charge on any atom is -0.459 e. The molecule has 0 heterocycles. The predicted octanol–water partition coefficient (Wildman–Crippen LogP) is 3.61. The van der Waals surface area contributed by atoms with Crippen molar-refractivity contribution in [1.82, 2.24) is 0 Å². The van der Waals surface area contributed by atoms with Gasteiger partial charge in [0.05, 0.1) is 0 Å². The smallest absolute Gasteiger partial charge is 0.303 e. The fourth-order valence-electron chi connectivity index (χ4n) is 4.87. The third-order valence-electron chi connectivity index (χ3n) is 5.73. The van der Waals surface area contributed by atoms with Gasteiger partial charge >= 0.3 is 5.97 Å². The molecule has 0 saturated heterocycles. The van der Waals surface area contributed by atoms with Gasteiger partial charge < -0.3 is 4.74 Å². The molecule has 0 aliphatic heterocycles. The Hall–Kier alpha value is -0.860. The number of ether oxygens (including phenoxy) is 1. The van der Waals surface area contributed by atoms with Crippen LogP contribution in [0.25, 0.3) is 0 Å². The van der Waals surface area contributed by atoms with Crippen molar-refractivity contribution in [2.24, 2.45) is 29.6 Å². The molecule has 114 valence electrons. The molecule has 2 rings (SSSR count). The van der Waals surface area contributed by atoms with Crippen LogP contribution in [0.5, 0.6) is 0 Å². The summed E-state index contributed by atoms with van der Waals surface area (Å²) >= 11 is 0. The van der Waals surface area contributed by atoms with Gasteiger partial charge in [-0.15, -0.1) is 0 Å². The number of rotatable bonds is 3. The van der Waals surface area contributed by atoms with E-state index in [9.17, 15) is 9.59 Å². The van der Waals surface area contributed by atoms with Crippen molar-refractivity contribution in [1.29, 1.82) is 0 Å². The molecule has 0 radical (unpaired) electrons. The van der Waals surface area contributed by atoms with Crippen molar-refractivity contribution in [2.75, 3.05) is 0 Å². The Labute approximate surface area is 122 Å². The lowest BCUT2D eigenvalue weighted by Gasteiger charge is -2.48. The van der Waals surface area contributed by atoms with E-state index in [1.165, 1.54) is 6.92 Å². The molecule has 2 saturated carbocycles. The summed E-state index contributed by atoms with van der Waals surface area (Å²) in [5.41, 5.74) is -0.369. The van der Waals surface area contributed by atoms with Crippen molar-refractivity contribution in [3.05, 3.63) is 0 Å². The second-order valence-electron chi connectivity index (χ2n) is 7.33. The first kappa shape index (κ1) is 15.5. The van der Waals surface area contributed by atoms with Crippen molar-refractivity contribution < 1.29 is 14.3 Å². The van der Waals surface area contributed by atoms with E-state index in [1.54, 1.807) is 6.92 Å². The van der Waals surface area contributed by atoms with Crippen LogP contribution in [0, 0.1) is 29.6 Å². The Bertz CT molecular complexity index is 401. The standard InChI is InChI=1S/C17H28O3/c1-10(2)13-8-9-17(5,20-12(4)19)15-7-6-14(11(3)18)16(13)15/h10,13-16H,6-9H2,1-5H3/t13-,14+,15+,16+,17+/m0/s1. The number of ketones is 1. The molecule has 2 fully saturated rings. The maximum absolute atomic E-state index is 12.0. The fourth-order valence-corrected chi connectivity index (χ4v) is 4.87. The van der Waals surface area contributed by atoms with Gasteiger partial charge in [0.15, 0.2) is 0 Å². The third-order valence-corrected chi connectivity index (χ3v) is 5.73. The van der Waals surface area contributed by atoms with Crippen molar-refractivity contribution in [3.8, 4) is 0 Å². The van der Waals surface area contributed by atoms with Gasteiger partial charge in [0, 0.05) is 18.8 Å². The van der Waals surface area contributed by atoms with Crippen LogP contribution < -0.4 is 0 Å². The molecule has 0 N–H and O–H groups in total. The minimum absolute atomic E-state index is 0.169. The fraction of sp³-hybridized carbons (Fsp3) is 0.882. The van der Waals surface area contributed by atoms with Crippen LogP contribution in [0.3, 0.4) is 0 Å². The Morgan fingerprint density at radius 2 is 1.80 bits per heavy atom. The van der Waals surface area contributed by atoms with Crippen molar-refractivity contribution in [3.63, 3.8) is 0 Å². The summed E-state index contributed by atoms with van der Waals surface area (Å²) in [5.74, 6) is 2.20. The molecular formula is C17H28O3. The van der Waals surface area contributed by atoms with Gasteiger partial charge in [-0.05, 0) is 57.3 Å². The SMILES string of the molecule is CC(=O)O[C@]1(C)CC[C@@H](C(C)C)[C@@H]2[C@@H](C(C)=O)CC[C@H]21. The monoisotopic (exact) mass is 280 g/mol. The van der Waals surface area contributed by atoms with Crippen LogP contribution in [-0.2, 0) is 14.3 Å². The Balaban J connectivity index is 2.30. The molecule has 0 amide bonds. The molecule has 0 aromatic heterocycles. The molecule has 5 atom stereocenters. The highest BCUT2D eigenvalue weighted by molar-refractivity contribution is 5.79. The van der Waals surface area contributed by atoms with Gasteiger partial charge in [0.1, 0.15) is 11.4 Å². The zero-order valence-corrected chi connectivity index (χ0v) is 13.4. The normalized spacial score (nSPS) is 40.5. The number of hydrogen-bond donors (Lipinski definition) is 0. The van der Waals surface area contributed by atoms with Crippen LogP contribution in [-0.4, -0.2) is 17.4 Å². The number of fused-ring (bicyclic) bond motifs is 1. The molecule has 20 heavy (non-hydrogen) atoms. The first-order valence-corrected chi connectivity index (χ1v) is 7.96. The van der Waals surface area contributed by atoms with E-state index in [4.69, 9.17) is 4.74 Å². The molecule has 0 aromatic carbocycles. The number of hydrogen-bond acceptors (Lipinski definition) is 3. The van der Waals surface area contributed by atoms with Gasteiger partial charge in [-0.1, -0.05) is 13.8 Å². The number of Topliss-reactive ketones (excluding diaryl/α,β-unsaturated/α-hetero) is 1. The third kappa shape index (κ3) is 2.64. The average Bonchev–Trinajstić information content (AvgIpc) is 2.73. The van der Waals surface area contributed by atoms with E-state index >= 15 is 0 Å². The first-order valence-electron chi connectivity index (χ1n) is 7.96. The molecule has 3 nitrogen and oxygen atoms in total. The first-order chi connectivity index (χ1) is 9.26. The Morgan fingerprint density at radius 3 is 2.30 bits per heavy atom. The largest absolute Gasteiger partial charge is 0.459 e. The lowest BCUT2D eigenvalue weighted by atomic mass is 9.61. The summed E-state index contributed by atoms with van der Waals surface area (Å²) in [7, 11) is 0. The predicted molar refractivity (Wildman–Crippen MR) is 78.1 cm³/mol. The van der Waals surface area contributed by atoms with E-state index in [0.717, 1.165) is 25.7 Å². The Morgan fingerprint density at radius 1 is 1.15 bits per heavy atom. The number of esters is 1. The summed E-state index contributed by atoms with van der Waals surface area (Å²) in [5, 5.41) is 0. The van der Waals surface area contributed by atoms with Crippen LogP contribution in [0.1, 0.15) is 60.3 Å². The zero-order chi connectivity index (χ0) is 15.1. The van der Waals surface area contributed by atoms with Crippen molar-refractivity contribution >= 4 is 11.8 Å². The van der Waals surface area contributed by atoms with Crippen molar-refractivity contribution in [2.45, 2.75) is 65.9 Å². The van der Waals surface area contributed by atoms with E-state index < -0.39 is 0 Å². The molecule has 3 heteroatoms. The average molecular weight is 280 g/mol. The highest BCUT2D eigenvalue weighted by Crippen LogP contribution is 2.56. The molecule has 2 aliphatic carbocycles. The maximum Gasteiger partial charge on any atom is 0.303 e. The number of carbonyl (C=O) groups is 2. The summed E-state index contributed by atoms with van der Waals surface area (Å²) < 4.78 is 5.70. The molecule has 0 aromatic rings. The summed E-state index contributed by atoms with van der Waals surface area (Å²) in [6.07, 6.45) is 3.97. The van der Waals surface area contributed by atoms with Gasteiger partial charge in [-0.3, -0.25) is 9.59 Å². The quantitative estimate of drug-likeness (QED) is 0.742. The summed E-state index contributed by atoms with van der Waals surface area (Å²) in [6.45, 7) is 9.80. The van der Waals surface area contributed by atoms with Gasteiger partial charge in [0.25, 0.3) is 0 Å². The van der Waals surface area contributed by atoms with Gasteiger partial charge in [0.2, 0.25) is 0 Å². The maximum atomic E-state index is 12.0. The topological polar surface area (TPSA) is 43.4 Å². The van der Waals surface area contributed by atoms with E-state index in [-0.39, 0.29) is 17.5 Å². The zero-order valence-electron chi connectivity index (χ0n) is 13.4. The molecule has 0 bridgehead atoms. The highest BCUT2D eigenvalue weighted by atomic mass is 16.6. The van der Waals surface area contributed by atoms with Crippen LogP contribution >= 0.6 is 0 Å². The summed E-state index contributed by atoms with van der Waals surface area (Å²) in [6, 6.07) is 0. The van der Waals surface area contributed by atoms with Crippen LogP contribution in [0.15, 0.2) is 0 Å². The van der Waals surface area contributed by atoms with Crippen LogP contribution in [0.2, 0.25) is 0 Å². The second-order valence-corrected chi connectivity index (χ2v) is 7.33. The highest BCUT2D eigenvalue weighted by Gasteiger charge is 2.55. The summed E-state index contributed by atoms with van der Waals surface area (Å²) in [4.78, 5) is 23.4. The second kappa shape index (κ2) is 5.50. The van der Waals surface area contributed by atoms with Gasteiger partial charge in [-0.25, -0.2) is 0 Å². The lowest BCUT2D eigenvalue weighted by molar-refractivity contribution is -0.172. The minimum atomic E-state index is -0.369. The Kier molecular flexibility index (Phi) is 4.27. The molecule has 2 aliphatic rings. The molecular weight excluding hydrogens is 252 g/mol. The van der Waals surface area contributed by atoms with E-state index in [0.29, 0.717) is 29.5 Å². The van der Waals surface area contributed by atoms with E-state index in [2.05, 4.69) is 20.8 Å². The molecule has 0 unspecified atom stereocenters. The molecule has 0 spiro atoms. The lowest BCUT2D eigenvalue weighted by Crippen LogP contribution is -2.49. The van der Waals surface area contributed by atoms with Gasteiger partial charge in [-0.2, -0.15) is 0 Å². The van der Waals surface area contributed by atoms with Crippen LogP contribution in [0.4, 0.5) is 0 Å².